The number of aliphatic imine (C=N–C) groups is 1. The zero-order valence-electron chi connectivity index (χ0n) is 24.4. The van der Waals surface area contributed by atoms with Crippen LogP contribution >= 0.6 is 22.6 Å². The zero-order chi connectivity index (χ0) is 30.4. The number of carbonyl (C=O) groups excluding carboxylic acids is 2. The molecule has 2 amide bonds. The predicted molar refractivity (Wildman–Crippen MR) is 183 cm³/mol. The Morgan fingerprint density at radius 2 is 1.67 bits per heavy atom. The lowest BCUT2D eigenvalue weighted by Crippen LogP contribution is -2.49. The zero-order valence-corrected chi connectivity index (χ0v) is 26.5. The van der Waals surface area contributed by atoms with Crippen molar-refractivity contribution in [1.82, 2.24) is 15.5 Å². The Hall–Kier alpha value is -3.70. The van der Waals surface area contributed by atoms with Crippen molar-refractivity contribution < 1.29 is 9.59 Å². The van der Waals surface area contributed by atoms with Gasteiger partial charge in [-0.05, 0) is 47.6 Å². The summed E-state index contributed by atoms with van der Waals surface area (Å²) in [6.07, 6.45) is 5.34. The maximum absolute atomic E-state index is 13.9. The molecule has 1 fully saturated rings. The fraction of sp³-hybridized carbons (Fsp3) is 0.324. The molecule has 1 saturated heterocycles. The molecule has 3 aromatic carbocycles. The standard InChI is InChI=1S/C34H41IN6O2/c35-22-26-15-13-25(14-16-26)17-18-32(42)39-23-29-19-21-41(33(43)31(40-29)12-7-20-38-34(36)37)24-30(27-8-3-1-4-9-27)28-10-5-2-6-11-28/h1-6,8-11,13-18,29-31,40H,7,12,19-24H2,(H,39,42)(H4,36,37,38)/b18-17+/t29-,31-/m0/s1. The van der Waals surface area contributed by atoms with Gasteiger partial charge in [-0.15, -0.1) is 0 Å². The van der Waals surface area contributed by atoms with Crippen LogP contribution in [0.3, 0.4) is 0 Å². The predicted octanol–water partition coefficient (Wildman–Crippen LogP) is 4.20. The van der Waals surface area contributed by atoms with Crippen LogP contribution in [0.4, 0.5) is 0 Å². The first-order chi connectivity index (χ1) is 20.9. The molecule has 0 radical (unpaired) electrons. The highest BCUT2D eigenvalue weighted by Gasteiger charge is 2.32. The van der Waals surface area contributed by atoms with E-state index >= 15 is 0 Å². The van der Waals surface area contributed by atoms with E-state index in [2.05, 4.69) is 74.6 Å². The van der Waals surface area contributed by atoms with E-state index in [-0.39, 0.29) is 29.7 Å². The number of guanidine groups is 1. The highest BCUT2D eigenvalue weighted by atomic mass is 127. The number of amides is 2. The Morgan fingerprint density at radius 1 is 1.02 bits per heavy atom. The normalized spacial score (nSPS) is 17.2. The van der Waals surface area contributed by atoms with Crippen LogP contribution in [0.15, 0.2) is 96.0 Å². The maximum atomic E-state index is 13.9. The van der Waals surface area contributed by atoms with Gasteiger partial charge < -0.3 is 27.0 Å². The molecule has 0 aliphatic carbocycles. The van der Waals surface area contributed by atoms with Crippen molar-refractivity contribution in [3.63, 3.8) is 0 Å². The molecule has 0 spiro atoms. The third kappa shape index (κ3) is 10.2. The number of carbonyl (C=O) groups is 2. The minimum Gasteiger partial charge on any atom is -0.370 e. The van der Waals surface area contributed by atoms with Crippen molar-refractivity contribution in [2.24, 2.45) is 16.5 Å². The average Bonchev–Trinajstić information content (AvgIpc) is 3.18. The van der Waals surface area contributed by atoms with E-state index in [0.717, 1.165) is 9.99 Å². The summed E-state index contributed by atoms with van der Waals surface area (Å²) in [4.78, 5) is 32.7. The van der Waals surface area contributed by atoms with E-state index in [1.807, 2.05) is 59.5 Å². The molecular weight excluding hydrogens is 651 g/mol. The summed E-state index contributed by atoms with van der Waals surface area (Å²) in [6.45, 7) is 2.03. The molecule has 226 valence electrons. The maximum Gasteiger partial charge on any atom is 0.244 e. The third-order valence-electron chi connectivity index (χ3n) is 7.63. The SMILES string of the molecule is NC(N)=NCCC[C@@H]1N[C@H](CNC(=O)/C=C/c2ccc(CI)cc2)CCN(CC(c2ccccc2)c2ccccc2)C1=O. The largest absolute Gasteiger partial charge is 0.370 e. The molecule has 2 atom stereocenters. The number of rotatable bonds is 13. The Bertz CT molecular complexity index is 1320. The van der Waals surface area contributed by atoms with Crippen molar-refractivity contribution in [3.05, 3.63) is 113 Å². The molecule has 9 heteroatoms. The van der Waals surface area contributed by atoms with Crippen molar-refractivity contribution >= 4 is 46.4 Å². The molecule has 43 heavy (non-hydrogen) atoms. The fourth-order valence-electron chi connectivity index (χ4n) is 5.30. The molecule has 0 saturated carbocycles. The number of nitrogens with one attached hydrogen (secondary N) is 2. The van der Waals surface area contributed by atoms with Gasteiger partial charge in [0.2, 0.25) is 11.8 Å². The highest BCUT2D eigenvalue weighted by molar-refractivity contribution is 14.1. The highest BCUT2D eigenvalue weighted by Crippen LogP contribution is 2.27. The van der Waals surface area contributed by atoms with Gasteiger partial charge in [-0.2, -0.15) is 0 Å². The first-order valence-electron chi connectivity index (χ1n) is 14.7. The summed E-state index contributed by atoms with van der Waals surface area (Å²) in [7, 11) is 0. The summed E-state index contributed by atoms with van der Waals surface area (Å²) >= 11 is 2.33. The molecule has 4 rings (SSSR count). The van der Waals surface area contributed by atoms with Crippen LogP contribution in [0.2, 0.25) is 0 Å². The van der Waals surface area contributed by atoms with Crippen LogP contribution in [0.1, 0.15) is 47.4 Å². The first-order valence-corrected chi connectivity index (χ1v) is 16.3. The van der Waals surface area contributed by atoms with Gasteiger partial charge in [0, 0.05) is 48.6 Å². The van der Waals surface area contributed by atoms with Gasteiger partial charge in [-0.3, -0.25) is 14.6 Å². The molecule has 0 bridgehead atoms. The quantitative estimate of drug-likeness (QED) is 0.0534. The van der Waals surface area contributed by atoms with Crippen molar-refractivity contribution in [2.45, 2.75) is 41.7 Å². The second-order valence-electron chi connectivity index (χ2n) is 10.8. The van der Waals surface area contributed by atoms with Crippen LogP contribution < -0.4 is 22.1 Å². The molecule has 0 unspecified atom stereocenters. The minimum atomic E-state index is -0.405. The van der Waals surface area contributed by atoms with Crippen molar-refractivity contribution in [1.29, 1.82) is 0 Å². The summed E-state index contributed by atoms with van der Waals surface area (Å²) < 4.78 is 0.949. The topological polar surface area (TPSA) is 126 Å². The lowest BCUT2D eigenvalue weighted by molar-refractivity contribution is -0.133. The van der Waals surface area contributed by atoms with Crippen LogP contribution in [0.5, 0.6) is 0 Å². The van der Waals surface area contributed by atoms with E-state index in [1.165, 1.54) is 16.7 Å². The smallest absolute Gasteiger partial charge is 0.244 e. The van der Waals surface area contributed by atoms with Gasteiger partial charge in [0.1, 0.15) is 0 Å². The van der Waals surface area contributed by atoms with E-state index in [0.29, 0.717) is 45.4 Å². The van der Waals surface area contributed by atoms with E-state index in [1.54, 1.807) is 6.08 Å². The summed E-state index contributed by atoms with van der Waals surface area (Å²) in [5, 5.41) is 6.56. The van der Waals surface area contributed by atoms with Crippen LogP contribution in [-0.2, 0) is 14.0 Å². The number of hydrogen-bond donors (Lipinski definition) is 4. The number of nitrogens with zero attached hydrogens (tertiary/aromatic N) is 2. The molecule has 3 aromatic rings. The molecule has 0 aromatic heterocycles. The Kier molecular flexibility index (Phi) is 12.6. The van der Waals surface area contributed by atoms with Gasteiger partial charge in [0.15, 0.2) is 5.96 Å². The van der Waals surface area contributed by atoms with Crippen LogP contribution in [-0.4, -0.2) is 60.9 Å². The first kappa shape index (κ1) is 32.2. The number of benzene rings is 3. The Morgan fingerprint density at radius 3 is 2.28 bits per heavy atom. The molecule has 8 nitrogen and oxygen atoms in total. The minimum absolute atomic E-state index is 0.0426. The molecule has 1 heterocycles. The Balaban J connectivity index is 1.45. The van der Waals surface area contributed by atoms with E-state index in [9.17, 15) is 9.59 Å². The van der Waals surface area contributed by atoms with Crippen molar-refractivity contribution in [3.8, 4) is 0 Å². The van der Waals surface area contributed by atoms with Gasteiger partial charge >= 0.3 is 0 Å². The van der Waals surface area contributed by atoms with Crippen LogP contribution in [0.25, 0.3) is 6.08 Å². The second kappa shape index (κ2) is 16.8. The summed E-state index contributed by atoms with van der Waals surface area (Å²) in [5.41, 5.74) is 15.6. The molecule has 1 aliphatic heterocycles. The van der Waals surface area contributed by atoms with Crippen LogP contribution in [0, 0.1) is 0 Å². The lowest BCUT2D eigenvalue weighted by atomic mass is 9.90. The monoisotopic (exact) mass is 692 g/mol. The van der Waals surface area contributed by atoms with Gasteiger partial charge in [-0.1, -0.05) is 108 Å². The third-order valence-corrected chi connectivity index (χ3v) is 8.51. The molecule has 6 N–H and O–H groups in total. The Labute approximate surface area is 268 Å². The lowest BCUT2D eigenvalue weighted by Gasteiger charge is -2.29. The van der Waals surface area contributed by atoms with Gasteiger partial charge in [0.05, 0.1) is 6.04 Å². The second-order valence-corrected chi connectivity index (χ2v) is 11.5. The van der Waals surface area contributed by atoms with E-state index in [4.69, 9.17) is 11.5 Å². The van der Waals surface area contributed by atoms with Gasteiger partial charge in [-0.25, -0.2) is 0 Å². The summed E-state index contributed by atoms with van der Waals surface area (Å²) in [5.74, 6) is -0.0131. The summed E-state index contributed by atoms with van der Waals surface area (Å²) in [6, 6.07) is 28.3. The van der Waals surface area contributed by atoms with Crippen molar-refractivity contribution in [2.75, 3.05) is 26.2 Å². The number of halogens is 1. The number of alkyl halides is 1. The number of nitrogens with two attached hydrogens (primary N) is 2. The fourth-order valence-corrected chi connectivity index (χ4v) is 5.81. The van der Waals surface area contributed by atoms with Gasteiger partial charge in [0.25, 0.3) is 0 Å². The van der Waals surface area contributed by atoms with E-state index < -0.39 is 6.04 Å². The number of hydrogen-bond acceptors (Lipinski definition) is 4. The molecule has 1 aliphatic rings. The molecular formula is C34H41IN6O2. The average molecular weight is 693 g/mol.